The van der Waals surface area contributed by atoms with Crippen LogP contribution in [0.2, 0.25) is 0 Å². The number of nitrogens with zero attached hydrogens (tertiary/aromatic N) is 3. The van der Waals surface area contributed by atoms with Gasteiger partial charge in [-0.3, -0.25) is 14.8 Å². The van der Waals surface area contributed by atoms with Crippen molar-refractivity contribution in [3.8, 4) is 0 Å². The minimum atomic E-state index is 0.0421. The standard InChI is InChI=1S/C19H26N4O/c1-14-5-6-18(15(2)11-14)22-19(24)7-10-23(4)16(3)12-17-13-20-8-9-21-17/h5-6,8-9,11,13,16H,7,10,12H2,1-4H3,(H,22,24)/t16-/m1/s1. The zero-order valence-corrected chi connectivity index (χ0v) is 14.9. The zero-order valence-electron chi connectivity index (χ0n) is 14.9. The minimum absolute atomic E-state index is 0.0421. The number of anilines is 1. The maximum Gasteiger partial charge on any atom is 0.225 e. The molecule has 0 spiro atoms. The smallest absolute Gasteiger partial charge is 0.225 e. The van der Waals surface area contributed by atoms with E-state index in [4.69, 9.17) is 0 Å². The Balaban J connectivity index is 1.80. The first-order chi connectivity index (χ1) is 11.5. The SMILES string of the molecule is Cc1ccc(NC(=O)CCN(C)[C@H](C)Cc2cnccn2)c(C)c1. The molecule has 5 heteroatoms. The van der Waals surface area contributed by atoms with Gasteiger partial charge in [-0.15, -0.1) is 0 Å². The predicted octanol–water partition coefficient (Wildman–Crippen LogP) is 2.99. The van der Waals surface area contributed by atoms with Crippen LogP contribution in [0.1, 0.15) is 30.2 Å². The molecule has 0 aliphatic rings. The van der Waals surface area contributed by atoms with E-state index < -0.39 is 0 Å². The molecular formula is C19H26N4O. The highest BCUT2D eigenvalue weighted by molar-refractivity contribution is 5.91. The fourth-order valence-corrected chi connectivity index (χ4v) is 2.56. The monoisotopic (exact) mass is 326 g/mol. The van der Waals surface area contributed by atoms with E-state index in [1.807, 2.05) is 33.0 Å². The molecule has 1 N–H and O–H groups in total. The average molecular weight is 326 g/mol. The molecule has 1 amide bonds. The number of hydrogen-bond donors (Lipinski definition) is 1. The van der Waals surface area contributed by atoms with Gasteiger partial charge in [0.25, 0.3) is 0 Å². The summed E-state index contributed by atoms with van der Waals surface area (Å²) in [5, 5.41) is 2.99. The number of carbonyl (C=O) groups excluding carboxylic acids is 1. The fraction of sp³-hybridized carbons (Fsp3) is 0.421. The summed E-state index contributed by atoms with van der Waals surface area (Å²) >= 11 is 0. The van der Waals surface area contributed by atoms with Crippen molar-refractivity contribution in [3.05, 3.63) is 53.6 Å². The minimum Gasteiger partial charge on any atom is -0.326 e. The summed E-state index contributed by atoms with van der Waals surface area (Å²) in [4.78, 5) is 22.7. The van der Waals surface area contributed by atoms with E-state index in [9.17, 15) is 4.79 Å². The second-order valence-corrected chi connectivity index (χ2v) is 6.35. The summed E-state index contributed by atoms with van der Waals surface area (Å²) in [6, 6.07) is 6.35. The highest BCUT2D eigenvalue weighted by Crippen LogP contribution is 2.16. The molecule has 0 fully saturated rings. The number of likely N-dealkylation sites (N-methyl/N-ethyl adjacent to an activating group) is 1. The summed E-state index contributed by atoms with van der Waals surface area (Å²) in [6.45, 7) is 6.90. The van der Waals surface area contributed by atoms with Gasteiger partial charge in [-0.2, -0.15) is 0 Å². The van der Waals surface area contributed by atoms with Gasteiger partial charge in [-0.25, -0.2) is 0 Å². The highest BCUT2D eigenvalue weighted by atomic mass is 16.1. The quantitative estimate of drug-likeness (QED) is 0.850. The molecule has 2 aromatic rings. The molecule has 0 unspecified atom stereocenters. The van der Waals surface area contributed by atoms with Crippen LogP contribution in [0.3, 0.4) is 0 Å². The van der Waals surface area contributed by atoms with Gasteiger partial charge in [0, 0.05) is 49.7 Å². The van der Waals surface area contributed by atoms with Crippen LogP contribution in [-0.2, 0) is 11.2 Å². The Hall–Kier alpha value is -2.27. The summed E-state index contributed by atoms with van der Waals surface area (Å²) in [7, 11) is 2.03. The van der Waals surface area contributed by atoms with Crippen molar-refractivity contribution in [1.29, 1.82) is 0 Å². The van der Waals surface area contributed by atoms with Crippen molar-refractivity contribution >= 4 is 11.6 Å². The van der Waals surface area contributed by atoms with Gasteiger partial charge in [0.05, 0.1) is 5.69 Å². The molecule has 0 aliphatic carbocycles. The molecule has 1 aromatic carbocycles. The molecule has 24 heavy (non-hydrogen) atoms. The molecule has 5 nitrogen and oxygen atoms in total. The van der Waals surface area contributed by atoms with Crippen LogP contribution in [0.4, 0.5) is 5.69 Å². The second kappa shape index (κ2) is 8.55. The van der Waals surface area contributed by atoms with Gasteiger partial charge in [-0.05, 0) is 39.4 Å². The zero-order chi connectivity index (χ0) is 17.5. The van der Waals surface area contributed by atoms with Gasteiger partial charge in [0.2, 0.25) is 5.91 Å². The Bertz CT molecular complexity index is 672. The first-order valence-electron chi connectivity index (χ1n) is 8.28. The van der Waals surface area contributed by atoms with Crippen molar-refractivity contribution < 1.29 is 4.79 Å². The van der Waals surface area contributed by atoms with Crippen molar-refractivity contribution in [2.75, 3.05) is 18.9 Å². The predicted molar refractivity (Wildman–Crippen MR) is 97.0 cm³/mol. The Morgan fingerprint density at radius 3 is 2.75 bits per heavy atom. The number of amides is 1. The molecular weight excluding hydrogens is 300 g/mol. The number of benzene rings is 1. The van der Waals surface area contributed by atoms with E-state index >= 15 is 0 Å². The van der Waals surface area contributed by atoms with E-state index in [1.165, 1.54) is 5.56 Å². The van der Waals surface area contributed by atoms with Crippen LogP contribution < -0.4 is 5.32 Å². The lowest BCUT2D eigenvalue weighted by Gasteiger charge is -2.24. The van der Waals surface area contributed by atoms with Gasteiger partial charge in [0.15, 0.2) is 0 Å². The van der Waals surface area contributed by atoms with E-state index in [-0.39, 0.29) is 5.91 Å². The normalized spacial score (nSPS) is 12.2. The number of aromatic nitrogens is 2. The van der Waals surface area contributed by atoms with Crippen LogP contribution >= 0.6 is 0 Å². The van der Waals surface area contributed by atoms with E-state index in [0.717, 1.165) is 23.4 Å². The van der Waals surface area contributed by atoms with Crippen molar-refractivity contribution in [2.24, 2.45) is 0 Å². The van der Waals surface area contributed by atoms with Crippen molar-refractivity contribution in [1.82, 2.24) is 14.9 Å². The van der Waals surface area contributed by atoms with Crippen LogP contribution in [0.15, 0.2) is 36.8 Å². The maximum atomic E-state index is 12.2. The van der Waals surface area contributed by atoms with Crippen LogP contribution in [0.25, 0.3) is 0 Å². The van der Waals surface area contributed by atoms with E-state index in [0.29, 0.717) is 19.0 Å². The molecule has 0 aliphatic heterocycles. The van der Waals surface area contributed by atoms with Gasteiger partial charge in [0.1, 0.15) is 0 Å². The first-order valence-corrected chi connectivity index (χ1v) is 8.28. The van der Waals surface area contributed by atoms with Crippen LogP contribution in [-0.4, -0.2) is 40.4 Å². The molecule has 1 atom stereocenters. The summed E-state index contributed by atoms with van der Waals surface area (Å²) in [5.41, 5.74) is 4.15. The second-order valence-electron chi connectivity index (χ2n) is 6.35. The van der Waals surface area contributed by atoms with E-state index in [1.54, 1.807) is 18.6 Å². The molecule has 1 heterocycles. The van der Waals surface area contributed by atoms with Gasteiger partial charge >= 0.3 is 0 Å². The molecule has 2 rings (SSSR count). The lowest BCUT2D eigenvalue weighted by Crippen LogP contribution is -2.33. The molecule has 0 saturated heterocycles. The Kier molecular flexibility index (Phi) is 6.44. The summed E-state index contributed by atoms with van der Waals surface area (Å²) < 4.78 is 0. The van der Waals surface area contributed by atoms with Crippen LogP contribution in [0, 0.1) is 13.8 Å². The number of nitrogens with one attached hydrogen (secondary N) is 1. The first kappa shape index (κ1) is 18.1. The van der Waals surface area contributed by atoms with Gasteiger partial charge < -0.3 is 10.2 Å². The van der Waals surface area contributed by atoms with Crippen molar-refractivity contribution in [2.45, 2.75) is 39.7 Å². The lowest BCUT2D eigenvalue weighted by molar-refractivity contribution is -0.116. The molecule has 0 saturated carbocycles. The molecule has 1 aromatic heterocycles. The molecule has 0 bridgehead atoms. The fourth-order valence-electron chi connectivity index (χ4n) is 2.56. The molecule has 0 radical (unpaired) electrons. The van der Waals surface area contributed by atoms with Crippen LogP contribution in [0.5, 0.6) is 0 Å². The topological polar surface area (TPSA) is 58.1 Å². The van der Waals surface area contributed by atoms with E-state index in [2.05, 4.69) is 33.2 Å². The lowest BCUT2D eigenvalue weighted by atomic mass is 10.1. The number of rotatable bonds is 7. The van der Waals surface area contributed by atoms with Gasteiger partial charge in [-0.1, -0.05) is 17.7 Å². The summed E-state index contributed by atoms with van der Waals surface area (Å²) in [6.07, 6.45) is 6.46. The summed E-state index contributed by atoms with van der Waals surface area (Å²) in [5.74, 6) is 0.0421. The van der Waals surface area contributed by atoms with Crippen molar-refractivity contribution in [3.63, 3.8) is 0 Å². The number of aryl methyl sites for hydroxylation is 2. The Morgan fingerprint density at radius 2 is 2.08 bits per heavy atom. The Morgan fingerprint density at radius 1 is 1.29 bits per heavy atom. The number of hydrogen-bond acceptors (Lipinski definition) is 4. The third kappa shape index (κ3) is 5.42. The number of carbonyl (C=O) groups is 1. The maximum absolute atomic E-state index is 12.2. The largest absolute Gasteiger partial charge is 0.326 e. The third-order valence-electron chi connectivity index (χ3n) is 4.22. The Labute approximate surface area is 144 Å². The third-order valence-corrected chi connectivity index (χ3v) is 4.22. The average Bonchev–Trinajstić information content (AvgIpc) is 2.56. The highest BCUT2D eigenvalue weighted by Gasteiger charge is 2.13. The molecule has 128 valence electrons.